The van der Waals surface area contributed by atoms with Gasteiger partial charge in [-0.05, 0) is 49.2 Å². The molecule has 0 radical (unpaired) electrons. The standard InChI is InChI=1S/C19H16N2O2/c1-13-19(14(2)23-21-13)12-22-18-9-7-17(8-10-18)16-5-3-15(11-20)4-6-16/h3-10H,12H2,1-2H3. The van der Waals surface area contributed by atoms with E-state index >= 15 is 0 Å². The van der Waals surface area contributed by atoms with Crippen LogP contribution in [0.1, 0.15) is 22.6 Å². The molecule has 0 aliphatic rings. The van der Waals surface area contributed by atoms with Crippen molar-refractivity contribution in [3.63, 3.8) is 0 Å². The first-order valence-corrected chi connectivity index (χ1v) is 7.32. The second kappa shape index (κ2) is 6.37. The number of hydrogen-bond acceptors (Lipinski definition) is 4. The molecule has 0 N–H and O–H groups in total. The van der Waals surface area contributed by atoms with Gasteiger partial charge in [0.25, 0.3) is 0 Å². The topological polar surface area (TPSA) is 59.1 Å². The molecular weight excluding hydrogens is 288 g/mol. The number of nitrogens with zero attached hydrogens (tertiary/aromatic N) is 2. The van der Waals surface area contributed by atoms with Gasteiger partial charge in [-0.15, -0.1) is 0 Å². The Kier molecular flexibility index (Phi) is 4.11. The lowest BCUT2D eigenvalue weighted by Gasteiger charge is -2.07. The van der Waals surface area contributed by atoms with E-state index in [0.29, 0.717) is 12.2 Å². The number of ether oxygens (including phenoxy) is 1. The molecular formula is C19H16N2O2. The minimum Gasteiger partial charge on any atom is -0.489 e. The SMILES string of the molecule is Cc1noc(C)c1COc1ccc(-c2ccc(C#N)cc2)cc1. The van der Waals surface area contributed by atoms with E-state index in [1.54, 1.807) is 0 Å². The number of aryl methyl sites for hydroxylation is 2. The first-order valence-electron chi connectivity index (χ1n) is 7.32. The number of nitriles is 1. The molecule has 4 heteroatoms. The summed E-state index contributed by atoms with van der Waals surface area (Å²) in [6.07, 6.45) is 0. The van der Waals surface area contributed by atoms with E-state index in [2.05, 4.69) is 11.2 Å². The summed E-state index contributed by atoms with van der Waals surface area (Å²) in [7, 11) is 0. The van der Waals surface area contributed by atoms with Crippen molar-refractivity contribution >= 4 is 0 Å². The first-order chi connectivity index (χ1) is 11.2. The van der Waals surface area contributed by atoms with Crippen LogP contribution in [0.5, 0.6) is 5.75 Å². The molecule has 23 heavy (non-hydrogen) atoms. The highest BCUT2D eigenvalue weighted by Crippen LogP contribution is 2.24. The zero-order valence-electron chi connectivity index (χ0n) is 13.0. The fraction of sp³-hybridized carbons (Fsp3) is 0.158. The molecule has 1 heterocycles. The molecule has 3 rings (SSSR count). The Bertz CT molecular complexity index is 821. The lowest BCUT2D eigenvalue weighted by atomic mass is 10.0. The third-order valence-electron chi connectivity index (χ3n) is 3.77. The monoisotopic (exact) mass is 304 g/mol. The molecule has 4 nitrogen and oxygen atoms in total. The van der Waals surface area contributed by atoms with Crippen LogP contribution in [-0.4, -0.2) is 5.16 Å². The van der Waals surface area contributed by atoms with Gasteiger partial charge < -0.3 is 9.26 Å². The van der Waals surface area contributed by atoms with Gasteiger partial charge in [0.15, 0.2) is 0 Å². The Labute approximate surface area is 134 Å². The van der Waals surface area contributed by atoms with Crippen LogP contribution in [0.2, 0.25) is 0 Å². The number of rotatable bonds is 4. The second-order valence-corrected chi connectivity index (χ2v) is 5.30. The number of aromatic nitrogens is 1. The summed E-state index contributed by atoms with van der Waals surface area (Å²) < 4.78 is 10.9. The molecule has 0 fully saturated rings. The van der Waals surface area contributed by atoms with Crippen LogP contribution in [-0.2, 0) is 6.61 Å². The van der Waals surface area contributed by atoms with Gasteiger partial charge in [-0.2, -0.15) is 5.26 Å². The Morgan fingerprint density at radius 3 is 2.13 bits per heavy atom. The quantitative estimate of drug-likeness (QED) is 0.716. The van der Waals surface area contributed by atoms with E-state index in [9.17, 15) is 0 Å². The summed E-state index contributed by atoms with van der Waals surface area (Å²) in [5, 5.41) is 12.8. The van der Waals surface area contributed by atoms with Gasteiger partial charge >= 0.3 is 0 Å². The van der Waals surface area contributed by atoms with E-state index < -0.39 is 0 Å². The third kappa shape index (κ3) is 3.24. The summed E-state index contributed by atoms with van der Waals surface area (Å²) in [4.78, 5) is 0. The van der Waals surface area contributed by atoms with Gasteiger partial charge in [-0.3, -0.25) is 0 Å². The highest BCUT2D eigenvalue weighted by atomic mass is 16.5. The number of hydrogen-bond donors (Lipinski definition) is 0. The van der Waals surface area contributed by atoms with Crippen molar-refractivity contribution in [2.24, 2.45) is 0 Å². The molecule has 2 aromatic carbocycles. The number of benzene rings is 2. The molecule has 0 aliphatic heterocycles. The van der Waals surface area contributed by atoms with Crippen molar-refractivity contribution < 1.29 is 9.26 Å². The summed E-state index contributed by atoms with van der Waals surface area (Å²) in [6, 6.07) is 17.5. The summed E-state index contributed by atoms with van der Waals surface area (Å²) in [6.45, 7) is 4.23. The lowest BCUT2D eigenvalue weighted by Crippen LogP contribution is -1.97. The molecule has 0 saturated carbocycles. The molecule has 0 unspecified atom stereocenters. The third-order valence-corrected chi connectivity index (χ3v) is 3.77. The van der Waals surface area contributed by atoms with Crippen molar-refractivity contribution in [2.45, 2.75) is 20.5 Å². The van der Waals surface area contributed by atoms with E-state index in [1.165, 1.54) is 0 Å². The first kappa shape index (κ1) is 14.9. The van der Waals surface area contributed by atoms with Gasteiger partial charge in [0, 0.05) is 0 Å². The van der Waals surface area contributed by atoms with Crippen molar-refractivity contribution in [1.82, 2.24) is 5.16 Å². The second-order valence-electron chi connectivity index (χ2n) is 5.30. The Morgan fingerprint density at radius 2 is 1.61 bits per heavy atom. The molecule has 0 amide bonds. The highest BCUT2D eigenvalue weighted by molar-refractivity contribution is 5.64. The average Bonchev–Trinajstić information content (AvgIpc) is 2.92. The summed E-state index contributed by atoms with van der Waals surface area (Å²) in [5.74, 6) is 1.58. The highest BCUT2D eigenvalue weighted by Gasteiger charge is 2.09. The fourth-order valence-corrected chi connectivity index (χ4v) is 2.34. The summed E-state index contributed by atoms with van der Waals surface area (Å²) in [5.41, 5.74) is 4.66. The van der Waals surface area contributed by atoms with Crippen molar-refractivity contribution in [1.29, 1.82) is 5.26 Å². The molecule has 1 aromatic heterocycles. The molecule has 0 aliphatic carbocycles. The van der Waals surface area contributed by atoms with Crippen LogP contribution in [0.25, 0.3) is 11.1 Å². The van der Waals surface area contributed by atoms with Crippen LogP contribution < -0.4 is 4.74 Å². The van der Waals surface area contributed by atoms with E-state index in [0.717, 1.165) is 33.9 Å². The zero-order chi connectivity index (χ0) is 16.2. The van der Waals surface area contributed by atoms with Crippen molar-refractivity contribution in [3.8, 4) is 22.9 Å². The molecule has 0 atom stereocenters. The zero-order valence-corrected chi connectivity index (χ0v) is 13.0. The van der Waals surface area contributed by atoms with Gasteiger partial charge in [-0.25, -0.2) is 0 Å². The Morgan fingerprint density at radius 1 is 1.00 bits per heavy atom. The minimum atomic E-state index is 0.442. The van der Waals surface area contributed by atoms with Gasteiger partial charge in [0.2, 0.25) is 0 Å². The molecule has 3 aromatic rings. The minimum absolute atomic E-state index is 0.442. The Balaban J connectivity index is 1.70. The van der Waals surface area contributed by atoms with Crippen LogP contribution in [0, 0.1) is 25.2 Å². The lowest BCUT2D eigenvalue weighted by molar-refractivity contribution is 0.302. The van der Waals surface area contributed by atoms with Crippen LogP contribution in [0.3, 0.4) is 0 Å². The maximum absolute atomic E-state index is 8.83. The fourth-order valence-electron chi connectivity index (χ4n) is 2.34. The molecule has 114 valence electrons. The smallest absolute Gasteiger partial charge is 0.140 e. The normalized spacial score (nSPS) is 10.3. The van der Waals surface area contributed by atoms with E-state index in [1.807, 2.05) is 62.4 Å². The Hall–Kier alpha value is -3.06. The predicted octanol–water partition coefficient (Wildman–Crippen LogP) is 4.41. The van der Waals surface area contributed by atoms with E-state index in [-0.39, 0.29) is 0 Å². The van der Waals surface area contributed by atoms with Crippen molar-refractivity contribution in [3.05, 3.63) is 71.1 Å². The van der Waals surface area contributed by atoms with Crippen LogP contribution in [0.4, 0.5) is 0 Å². The molecule has 0 spiro atoms. The van der Waals surface area contributed by atoms with Crippen molar-refractivity contribution in [2.75, 3.05) is 0 Å². The van der Waals surface area contributed by atoms with E-state index in [4.69, 9.17) is 14.5 Å². The van der Waals surface area contributed by atoms with Gasteiger partial charge in [-0.1, -0.05) is 29.4 Å². The van der Waals surface area contributed by atoms with Gasteiger partial charge in [0.1, 0.15) is 18.1 Å². The molecule has 0 bridgehead atoms. The van der Waals surface area contributed by atoms with Crippen LogP contribution in [0.15, 0.2) is 53.1 Å². The maximum atomic E-state index is 8.83. The van der Waals surface area contributed by atoms with Gasteiger partial charge in [0.05, 0.1) is 22.9 Å². The molecule has 0 saturated heterocycles. The average molecular weight is 304 g/mol. The largest absolute Gasteiger partial charge is 0.489 e. The predicted molar refractivity (Wildman–Crippen MR) is 86.9 cm³/mol. The maximum Gasteiger partial charge on any atom is 0.140 e. The summed E-state index contributed by atoms with van der Waals surface area (Å²) >= 11 is 0. The van der Waals surface area contributed by atoms with Crippen LogP contribution >= 0.6 is 0 Å².